The Morgan fingerprint density at radius 2 is 1.93 bits per heavy atom. The predicted octanol–water partition coefficient (Wildman–Crippen LogP) is 2.80. The van der Waals surface area contributed by atoms with Crippen molar-refractivity contribution < 1.29 is 31.8 Å². The number of piperidine rings is 1. The number of nitrogens with zero attached hydrogens (tertiary/aromatic N) is 6. The number of anilines is 2. The normalized spacial score (nSPS) is 23.4. The molecule has 3 aliphatic rings. The van der Waals surface area contributed by atoms with Crippen molar-refractivity contribution in [1.82, 2.24) is 29.0 Å². The average molecular weight is 574 g/mol. The highest BCUT2D eigenvalue weighted by atomic mass is 32.2. The summed E-state index contributed by atoms with van der Waals surface area (Å²) in [6.07, 6.45) is 5.73. The maximum Gasteiger partial charge on any atom is 0.410 e. The second-order valence-electron chi connectivity index (χ2n) is 10.5. The van der Waals surface area contributed by atoms with Crippen LogP contribution in [0.5, 0.6) is 5.88 Å². The predicted molar refractivity (Wildman–Crippen MR) is 137 cm³/mol. The van der Waals surface area contributed by atoms with Crippen LogP contribution in [-0.4, -0.2) is 80.6 Å². The third-order valence-corrected chi connectivity index (χ3v) is 8.96. The maximum atomic E-state index is 15.0. The largest absolute Gasteiger partial charge is 0.474 e. The molecular weight excluding hydrogens is 545 g/mol. The third kappa shape index (κ3) is 5.06. The standard InChI is InChI=1S/C25H28FN7O6S/c1-15-22(31-21-4-3-19(9-20(21)26)40(35,36)32-14-27-12-30-32)28-13-29-23(15)38-18-7-16-10-37-11-17(8-18)33(16)24(34)39-25(2)5-6-25/h3-4,9,12-14,16-18H,5-8,10-11H2,1-2H3,(H,28,29,31). The smallest absolute Gasteiger partial charge is 0.410 e. The molecule has 40 heavy (non-hydrogen) atoms. The number of ether oxygens (including phenoxy) is 3. The lowest BCUT2D eigenvalue weighted by atomic mass is 9.92. The zero-order valence-corrected chi connectivity index (χ0v) is 22.7. The SMILES string of the molecule is Cc1c(Nc2ccc(S(=O)(=O)n3cncn3)cc2F)ncnc1OC1CC2COCC(C1)N2C(=O)OC1(C)CC1. The van der Waals surface area contributed by atoms with E-state index in [4.69, 9.17) is 14.2 Å². The molecule has 0 radical (unpaired) electrons. The van der Waals surface area contributed by atoms with Gasteiger partial charge in [0.25, 0.3) is 10.0 Å². The van der Waals surface area contributed by atoms with Crippen molar-refractivity contribution in [3.63, 3.8) is 0 Å². The molecule has 3 fully saturated rings. The van der Waals surface area contributed by atoms with Gasteiger partial charge in [-0.3, -0.25) is 4.90 Å². The van der Waals surface area contributed by atoms with Crippen LogP contribution in [0.2, 0.25) is 0 Å². The molecule has 0 spiro atoms. The minimum Gasteiger partial charge on any atom is -0.474 e. The fraction of sp³-hybridized carbons (Fsp3) is 0.480. The number of halogens is 1. The summed E-state index contributed by atoms with van der Waals surface area (Å²) in [5.41, 5.74) is 0.214. The number of fused-ring (bicyclic) bond motifs is 2. The molecule has 3 aromatic rings. The van der Waals surface area contributed by atoms with Gasteiger partial charge in [-0.2, -0.15) is 8.42 Å². The van der Waals surface area contributed by atoms with Crippen LogP contribution in [0.1, 0.15) is 38.2 Å². The van der Waals surface area contributed by atoms with Crippen LogP contribution in [-0.2, 0) is 19.5 Å². The van der Waals surface area contributed by atoms with Crippen molar-refractivity contribution in [2.45, 2.75) is 68.2 Å². The van der Waals surface area contributed by atoms with Crippen molar-refractivity contribution in [2.24, 2.45) is 0 Å². The summed E-state index contributed by atoms with van der Waals surface area (Å²) in [7, 11) is -4.07. The van der Waals surface area contributed by atoms with Gasteiger partial charge >= 0.3 is 6.09 Å². The van der Waals surface area contributed by atoms with Gasteiger partial charge in [-0.15, -0.1) is 9.19 Å². The van der Waals surface area contributed by atoms with Crippen molar-refractivity contribution in [1.29, 1.82) is 0 Å². The molecule has 212 valence electrons. The van der Waals surface area contributed by atoms with E-state index >= 15 is 0 Å². The fourth-order valence-corrected chi connectivity index (χ4v) is 6.01. The fourth-order valence-electron chi connectivity index (χ4n) is 4.95. The van der Waals surface area contributed by atoms with Gasteiger partial charge in [-0.25, -0.2) is 24.1 Å². The minimum absolute atomic E-state index is 0.0214. The Kier molecular flexibility index (Phi) is 6.57. The van der Waals surface area contributed by atoms with Crippen LogP contribution >= 0.6 is 0 Å². The summed E-state index contributed by atoms with van der Waals surface area (Å²) >= 11 is 0. The molecular formula is C25H28FN7O6S. The molecule has 1 aliphatic carbocycles. The lowest BCUT2D eigenvalue weighted by molar-refractivity contribution is -0.0956. The molecule has 2 aromatic heterocycles. The van der Waals surface area contributed by atoms with Gasteiger partial charge in [0.15, 0.2) is 0 Å². The van der Waals surface area contributed by atoms with Crippen molar-refractivity contribution in [3.8, 4) is 5.88 Å². The molecule has 15 heteroatoms. The van der Waals surface area contributed by atoms with E-state index in [0.29, 0.717) is 47.4 Å². The minimum atomic E-state index is -4.07. The Balaban J connectivity index is 1.15. The molecule has 2 saturated heterocycles. The second kappa shape index (κ2) is 9.96. The van der Waals surface area contributed by atoms with Gasteiger partial charge in [-0.05, 0) is 44.9 Å². The third-order valence-electron chi connectivity index (χ3n) is 7.43. The lowest BCUT2D eigenvalue weighted by Crippen LogP contribution is -2.61. The van der Waals surface area contributed by atoms with Crippen LogP contribution in [0, 0.1) is 12.7 Å². The number of rotatable bonds is 7. The molecule has 1 saturated carbocycles. The van der Waals surface area contributed by atoms with Crippen LogP contribution in [0.4, 0.5) is 20.7 Å². The number of morpholine rings is 1. The first-order valence-electron chi connectivity index (χ1n) is 12.9. The first-order chi connectivity index (χ1) is 19.1. The summed E-state index contributed by atoms with van der Waals surface area (Å²) < 4.78 is 58.5. The van der Waals surface area contributed by atoms with Crippen molar-refractivity contribution in [3.05, 3.63) is 48.6 Å². The number of hydrogen-bond acceptors (Lipinski definition) is 11. The molecule has 2 bridgehead atoms. The number of carbonyl (C=O) groups excluding carboxylic acids is 1. The Morgan fingerprint density at radius 1 is 1.18 bits per heavy atom. The van der Waals surface area contributed by atoms with E-state index in [2.05, 4.69) is 25.4 Å². The molecule has 4 heterocycles. The van der Waals surface area contributed by atoms with Crippen LogP contribution < -0.4 is 10.1 Å². The number of hydrogen-bond donors (Lipinski definition) is 1. The molecule has 13 nitrogen and oxygen atoms in total. The van der Waals surface area contributed by atoms with Crippen LogP contribution in [0.3, 0.4) is 0 Å². The Labute approximate surface area is 229 Å². The topological polar surface area (TPSA) is 151 Å². The van der Waals surface area contributed by atoms with E-state index in [1.54, 1.807) is 11.8 Å². The number of nitrogens with one attached hydrogen (secondary N) is 1. The first-order valence-corrected chi connectivity index (χ1v) is 14.3. The summed E-state index contributed by atoms with van der Waals surface area (Å²) in [6, 6.07) is 3.12. The molecule has 1 N–H and O–H groups in total. The van der Waals surface area contributed by atoms with E-state index in [1.165, 1.54) is 18.5 Å². The van der Waals surface area contributed by atoms with E-state index in [9.17, 15) is 17.6 Å². The van der Waals surface area contributed by atoms with Gasteiger partial charge in [0, 0.05) is 12.8 Å². The summed E-state index contributed by atoms with van der Waals surface area (Å²) in [5, 5.41) is 6.51. The number of aromatic nitrogens is 5. The molecule has 6 rings (SSSR count). The Bertz CT molecular complexity index is 1520. The van der Waals surface area contributed by atoms with Gasteiger partial charge in [0.05, 0.1) is 41.4 Å². The van der Waals surface area contributed by atoms with Crippen molar-refractivity contribution >= 4 is 27.6 Å². The van der Waals surface area contributed by atoms with Gasteiger partial charge in [-0.1, -0.05) is 0 Å². The van der Waals surface area contributed by atoms with E-state index < -0.39 is 15.8 Å². The van der Waals surface area contributed by atoms with E-state index in [1.807, 2.05) is 6.92 Å². The summed E-state index contributed by atoms with van der Waals surface area (Å²) in [6.45, 7) is 4.49. The molecule has 2 aliphatic heterocycles. The molecule has 2 atom stereocenters. The molecule has 1 aromatic carbocycles. The highest BCUT2D eigenvalue weighted by molar-refractivity contribution is 7.89. The summed E-state index contributed by atoms with van der Waals surface area (Å²) in [4.78, 5) is 26.5. The summed E-state index contributed by atoms with van der Waals surface area (Å²) in [5.74, 6) is -0.166. The molecule has 1 amide bonds. The number of carbonyl (C=O) groups is 1. The van der Waals surface area contributed by atoms with Crippen molar-refractivity contribution in [2.75, 3.05) is 18.5 Å². The Hall–Kier alpha value is -3.85. The number of benzene rings is 1. The Morgan fingerprint density at radius 3 is 2.58 bits per heavy atom. The van der Waals surface area contributed by atoms with Gasteiger partial charge in [0.1, 0.15) is 42.3 Å². The van der Waals surface area contributed by atoms with Gasteiger partial charge < -0.3 is 19.5 Å². The molecule has 2 unspecified atom stereocenters. The van der Waals surface area contributed by atoms with Gasteiger partial charge in [0.2, 0.25) is 5.88 Å². The maximum absolute atomic E-state index is 15.0. The van der Waals surface area contributed by atoms with E-state index in [0.717, 1.165) is 31.6 Å². The zero-order valence-electron chi connectivity index (χ0n) is 21.9. The van der Waals surface area contributed by atoms with E-state index in [-0.39, 0.29) is 40.5 Å². The number of amides is 1. The first kappa shape index (κ1) is 26.4. The van der Waals surface area contributed by atoms with Crippen LogP contribution in [0.15, 0.2) is 42.1 Å². The monoisotopic (exact) mass is 573 g/mol. The quantitative estimate of drug-likeness (QED) is 0.444. The van der Waals surface area contributed by atoms with Crippen LogP contribution in [0.25, 0.3) is 0 Å². The highest BCUT2D eigenvalue weighted by Gasteiger charge is 2.48. The lowest BCUT2D eigenvalue weighted by Gasteiger charge is -2.47. The average Bonchev–Trinajstić information content (AvgIpc) is 3.37. The second-order valence-corrected chi connectivity index (χ2v) is 12.3. The highest BCUT2D eigenvalue weighted by Crippen LogP contribution is 2.41. The zero-order chi connectivity index (χ0) is 28.1.